The Bertz CT molecular complexity index is 828. The Morgan fingerprint density at radius 3 is 2.58 bits per heavy atom. The van der Waals surface area contributed by atoms with Gasteiger partial charge in [-0.2, -0.15) is 5.10 Å². The summed E-state index contributed by atoms with van der Waals surface area (Å²) in [6.45, 7) is 1.95. The summed E-state index contributed by atoms with van der Waals surface area (Å²) in [5.74, 6) is 2.29. The van der Waals surface area contributed by atoms with E-state index in [-0.39, 0.29) is 0 Å². The fraction of sp³-hybridized carbons (Fsp3) is 0.111. The third kappa shape index (κ3) is 4.33. The van der Waals surface area contributed by atoms with Gasteiger partial charge in [0, 0.05) is 5.38 Å². The molecule has 5 nitrogen and oxygen atoms in total. The van der Waals surface area contributed by atoms with Crippen molar-refractivity contribution >= 4 is 22.7 Å². The number of aromatic nitrogens is 1. The molecule has 122 valence electrons. The average Bonchev–Trinajstić information content (AvgIpc) is 3.01. The number of hydrogen-bond acceptors (Lipinski definition) is 6. The van der Waals surface area contributed by atoms with Crippen LogP contribution in [0, 0.1) is 6.92 Å². The number of ether oxygens (including phenoxy) is 2. The molecule has 0 aliphatic heterocycles. The van der Waals surface area contributed by atoms with Crippen molar-refractivity contribution in [1.82, 2.24) is 4.98 Å². The number of aryl methyl sites for hydroxylation is 1. The van der Waals surface area contributed by atoms with E-state index in [1.165, 1.54) is 11.3 Å². The van der Waals surface area contributed by atoms with E-state index >= 15 is 0 Å². The van der Waals surface area contributed by atoms with Gasteiger partial charge in [0.05, 0.1) is 19.0 Å². The fourth-order valence-corrected chi connectivity index (χ4v) is 2.64. The molecular weight excluding hydrogens is 322 g/mol. The van der Waals surface area contributed by atoms with Gasteiger partial charge in [-0.05, 0) is 48.9 Å². The standard InChI is InChI=1S/C18H17N3O2S/c1-13-12-24-18(20-13)21-19-11-14-4-3-5-17(10-14)23-16-8-6-15(22-2)7-9-16/h3-12H,1-2H3,(H,20,21). The van der Waals surface area contributed by atoms with Crippen LogP contribution >= 0.6 is 11.3 Å². The number of thiazole rings is 1. The van der Waals surface area contributed by atoms with E-state index in [1.807, 2.05) is 60.8 Å². The number of anilines is 1. The molecule has 3 aromatic rings. The van der Waals surface area contributed by atoms with Gasteiger partial charge < -0.3 is 9.47 Å². The predicted molar refractivity (Wildman–Crippen MR) is 97.6 cm³/mol. The van der Waals surface area contributed by atoms with Crippen LogP contribution in [0.25, 0.3) is 0 Å². The second-order valence-electron chi connectivity index (χ2n) is 5.01. The van der Waals surface area contributed by atoms with E-state index in [1.54, 1.807) is 13.3 Å². The summed E-state index contributed by atoms with van der Waals surface area (Å²) in [6.07, 6.45) is 1.73. The summed E-state index contributed by atoms with van der Waals surface area (Å²) < 4.78 is 11.0. The summed E-state index contributed by atoms with van der Waals surface area (Å²) in [5, 5.41) is 6.94. The van der Waals surface area contributed by atoms with Crippen LogP contribution in [-0.2, 0) is 0 Å². The first kappa shape index (κ1) is 16.0. The van der Waals surface area contributed by atoms with Gasteiger partial charge in [0.25, 0.3) is 0 Å². The highest BCUT2D eigenvalue weighted by atomic mass is 32.1. The Hall–Kier alpha value is -2.86. The second-order valence-corrected chi connectivity index (χ2v) is 5.87. The number of rotatable bonds is 6. The SMILES string of the molecule is COc1ccc(Oc2cccc(C=NNc3nc(C)cs3)c2)cc1. The molecule has 1 aromatic heterocycles. The largest absolute Gasteiger partial charge is 0.497 e. The minimum atomic E-state index is 0.745. The Balaban J connectivity index is 1.64. The van der Waals surface area contributed by atoms with Crippen LogP contribution in [0.15, 0.2) is 59.0 Å². The summed E-state index contributed by atoms with van der Waals surface area (Å²) in [6, 6.07) is 15.2. The van der Waals surface area contributed by atoms with Crippen LogP contribution in [0.1, 0.15) is 11.3 Å². The third-order valence-electron chi connectivity index (χ3n) is 3.15. The summed E-state index contributed by atoms with van der Waals surface area (Å²) in [7, 11) is 1.64. The normalized spacial score (nSPS) is 10.8. The fourth-order valence-electron chi connectivity index (χ4n) is 2.01. The van der Waals surface area contributed by atoms with Crippen LogP contribution in [-0.4, -0.2) is 18.3 Å². The van der Waals surface area contributed by atoms with Crippen LogP contribution in [0.4, 0.5) is 5.13 Å². The molecule has 0 spiro atoms. The molecule has 0 saturated carbocycles. The average molecular weight is 339 g/mol. The number of hydrazone groups is 1. The van der Waals surface area contributed by atoms with Gasteiger partial charge in [-0.1, -0.05) is 12.1 Å². The molecule has 0 fully saturated rings. The molecule has 0 aliphatic rings. The van der Waals surface area contributed by atoms with Gasteiger partial charge in [-0.25, -0.2) is 4.98 Å². The molecule has 1 N–H and O–H groups in total. The minimum absolute atomic E-state index is 0.745. The lowest BCUT2D eigenvalue weighted by Crippen LogP contribution is -1.91. The number of nitrogens with zero attached hydrogens (tertiary/aromatic N) is 2. The molecular formula is C18H17N3O2S. The molecule has 0 atom stereocenters. The monoisotopic (exact) mass is 339 g/mol. The van der Waals surface area contributed by atoms with Crippen molar-refractivity contribution in [2.24, 2.45) is 5.10 Å². The van der Waals surface area contributed by atoms with E-state index < -0.39 is 0 Å². The topological polar surface area (TPSA) is 55.7 Å². The van der Waals surface area contributed by atoms with Crippen molar-refractivity contribution in [3.8, 4) is 17.2 Å². The van der Waals surface area contributed by atoms with Gasteiger partial charge in [0.1, 0.15) is 17.2 Å². The zero-order valence-corrected chi connectivity index (χ0v) is 14.2. The third-order valence-corrected chi connectivity index (χ3v) is 4.01. The second kappa shape index (κ2) is 7.61. The van der Waals surface area contributed by atoms with Crippen molar-refractivity contribution in [2.75, 3.05) is 12.5 Å². The Morgan fingerprint density at radius 1 is 1.08 bits per heavy atom. The molecule has 0 saturated heterocycles. The van der Waals surface area contributed by atoms with Crippen molar-refractivity contribution in [3.63, 3.8) is 0 Å². The zero-order chi connectivity index (χ0) is 16.8. The summed E-state index contributed by atoms with van der Waals surface area (Å²) in [5.41, 5.74) is 4.83. The minimum Gasteiger partial charge on any atom is -0.497 e. The van der Waals surface area contributed by atoms with Crippen LogP contribution in [0.3, 0.4) is 0 Å². The van der Waals surface area contributed by atoms with Gasteiger partial charge in [0.2, 0.25) is 5.13 Å². The van der Waals surface area contributed by atoms with E-state index in [2.05, 4.69) is 15.5 Å². The van der Waals surface area contributed by atoms with Crippen LogP contribution < -0.4 is 14.9 Å². The highest BCUT2D eigenvalue weighted by Crippen LogP contribution is 2.24. The Labute approximate surface area is 144 Å². The maximum Gasteiger partial charge on any atom is 0.203 e. The number of nitrogens with one attached hydrogen (secondary N) is 1. The van der Waals surface area contributed by atoms with E-state index in [0.29, 0.717) is 0 Å². The Kier molecular flexibility index (Phi) is 5.08. The smallest absolute Gasteiger partial charge is 0.203 e. The van der Waals surface area contributed by atoms with Crippen molar-refractivity contribution < 1.29 is 9.47 Å². The molecule has 24 heavy (non-hydrogen) atoms. The Morgan fingerprint density at radius 2 is 1.88 bits per heavy atom. The molecule has 3 rings (SSSR count). The van der Waals surface area contributed by atoms with E-state index in [9.17, 15) is 0 Å². The molecule has 6 heteroatoms. The first-order valence-electron chi connectivity index (χ1n) is 7.36. The predicted octanol–water partition coefficient (Wildman–Crippen LogP) is 4.70. The van der Waals surface area contributed by atoms with Crippen LogP contribution in [0.5, 0.6) is 17.2 Å². The van der Waals surface area contributed by atoms with Crippen LogP contribution in [0.2, 0.25) is 0 Å². The van der Waals surface area contributed by atoms with Gasteiger partial charge in [-0.15, -0.1) is 11.3 Å². The molecule has 0 bridgehead atoms. The molecule has 0 aliphatic carbocycles. The van der Waals surface area contributed by atoms with Crippen molar-refractivity contribution in [1.29, 1.82) is 0 Å². The maximum atomic E-state index is 5.84. The lowest BCUT2D eigenvalue weighted by Gasteiger charge is -2.07. The highest BCUT2D eigenvalue weighted by molar-refractivity contribution is 7.13. The number of benzene rings is 2. The lowest BCUT2D eigenvalue weighted by molar-refractivity contribution is 0.413. The molecule has 0 radical (unpaired) electrons. The van der Waals surface area contributed by atoms with Gasteiger partial charge in [0.15, 0.2) is 0 Å². The molecule has 1 heterocycles. The lowest BCUT2D eigenvalue weighted by atomic mass is 10.2. The molecule has 0 unspecified atom stereocenters. The van der Waals surface area contributed by atoms with Crippen molar-refractivity contribution in [3.05, 3.63) is 65.2 Å². The van der Waals surface area contributed by atoms with Gasteiger partial charge in [-0.3, -0.25) is 5.43 Å². The number of methoxy groups -OCH3 is 1. The summed E-state index contributed by atoms with van der Waals surface area (Å²) >= 11 is 1.52. The van der Waals surface area contributed by atoms with E-state index in [0.717, 1.165) is 33.6 Å². The first-order chi connectivity index (χ1) is 11.7. The van der Waals surface area contributed by atoms with E-state index in [4.69, 9.17) is 9.47 Å². The molecule has 0 amide bonds. The molecule has 2 aromatic carbocycles. The maximum absolute atomic E-state index is 5.84. The first-order valence-corrected chi connectivity index (χ1v) is 8.24. The van der Waals surface area contributed by atoms with Gasteiger partial charge >= 0.3 is 0 Å². The number of hydrogen-bond donors (Lipinski definition) is 1. The highest BCUT2D eigenvalue weighted by Gasteiger charge is 1.99. The van der Waals surface area contributed by atoms with Crippen molar-refractivity contribution in [2.45, 2.75) is 6.92 Å². The quantitative estimate of drug-likeness (QED) is 0.522. The summed E-state index contributed by atoms with van der Waals surface area (Å²) in [4.78, 5) is 4.29. The zero-order valence-electron chi connectivity index (χ0n) is 13.4.